The summed E-state index contributed by atoms with van der Waals surface area (Å²) in [7, 11) is 1.47. The van der Waals surface area contributed by atoms with E-state index in [1.807, 2.05) is 0 Å². The molecule has 1 spiro atoms. The average molecular weight is 360 g/mol. The number of carbonyl (C=O) groups is 1. The van der Waals surface area contributed by atoms with E-state index in [4.69, 9.17) is 9.15 Å². The highest BCUT2D eigenvalue weighted by Crippen LogP contribution is 2.41. The van der Waals surface area contributed by atoms with Gasteiger partial charge in [-0.15, -0.1) is 0 Å². The van der Waals surface area contributed by atoms with Crippen molar-refractivity contribution in [3.63, 3.8) is 0 Å². The highest BCUT2D eigenvalue weighted by atomic mass is 16.5. The third-order valence-corrected chi connectivity index (χ3v) is 6.12. The minimum atomic E-state index is -0.139. The molecule has 0 unspecified atom stereocenters. The summed E-state index contributed by atoms with van der Waals surface area (Å²) in [5.74, 6) is 1.99. The van der Waals surface area contributed by atoms with Crippen LogP contribution in [0.4, 0.5) is 0 Å². The molecular formula is C20H28N2O4. The van der Waals surface area contributed by atoms with Crippen molar-refractivity contribution >= 4 is 5.91 Å². The zero-order valence-corrected chi connectivity index (χ0v) is 15.5. The van der Waals surface area contributed by atoms with Gasteiger partial charge in [0, 0.05) is 37.5 Å². The Morgan fingerprint density at radius 2 is 2.12 bits per heavy atom. The number of likely N-dealkylation sites (tertiary alicyclic amines) is 2. The van der Waals surface area contributed by atoms with Gasteiger partial charge in [-0.05, 0) is 44.6 Å². The van der Waals surface area contributed by atoms with Crippen LogP contribution in [0, 0.1) is 11.3 Å². The van der Waals surface area contributed by atoms with Gasteiger partial charge in [0.05, 0.1) is 13.7 Å². The number of hydrogen-bond acceptors (Lipinski definition) is 5. The first-order chi connectivity index (χ1) is 12.6. The Labute approximate surface area is 154 Å². The van der Waals surface area contributed by atoms with Crippen molar-refractivity contribution in [3.8, 4) is 5.75 Å². The van der Waals surface area contributed by atoms with Crippen LogP contribution in [-0.4, -0.2) is 49.0 Å². The van der Waals surface area contributed by atoms with Crippen LogP contribution in [-0.2, 0) is 11.3 Å². The van der Waals surface area contributed by atoms with E-state index in [0.29, 0.717) is 24.6 Å². The fourth-order valence-corrected chi connectivity index (χ4v) is 4.55. The van der Waals surface area contributed by atoms with Gasteiger partial charge in [0.2, 0.25) is 17.1 Å². The second kappa shape index (κ2) is 7.06. The molecule has 4 rings (SSSR count). The lowest BCUT2D eigenvalue weighted by Gasteiger charge is -2.48. The van der Waals surface area contributed by atoms with E-state index in [-0.39, 0.29) is 16.6 Å². The van der Waals surface area contributed by atoms with Crippen molar-refractivity contribution in [1.29, 1.82) is 0 Å². The van der Waals surface area contributed by atoms with Gasteiger partial charge in [-0.1, -0.05) is 0 Å². The highest BCUT2D eigenvalue weighted by molar-refractivity contribution is 5.77. The molecule has 2 saturated heterocycles. The number of hydrogen-bond donors (Lipinski definition) is 0. The van der Waals surface area contributed by atoms with Crippen molar-refractivity contribution in [1.82, 2.24) is 9.80 Å². The molecule has 142 valence electrons. The summed E-state index contributed by atoms with van der Waals surface area (Å²) in [6.07, 6.45) is 7.93. The molecule has 0 N–H and O–H groups in total. The van der Waals surface area contributed by atoms with Crippen molar-refractivity contribution in [2.24, 2.45) is 11.3 Å². The van der Waals surface area contributed by atoms with Gasteiger partial charge in [-0.25, -0.2) is 0 Å². The number of rotatable bonds is 5. The summed E-state index contributed by atoms with van der Waals surface area (Å²) in [4.78, 5) is 28.8. The summed E-state index contributed by atoms with van der Waals surface area (Å²) < 4.78 is 10.6. The lowest BCUT2D eigenvalue weighted by atomic mass is 9.73. The van der Waals surface area contributed by atoms with Crippen LogP contribution in [0.5, 0.6) is 5.75 Å². The summed E-state index contributed by atoms with van der Waals surface area (Å²) in [6.45, 7) is 4.46. The third kappa shape index (κ3) is 3.80. The molecule has 1 aliphatic carbocycles. The van der Waals surface area contributed by atoms with Crippen LogP contribution in [0.15, 0.2) is 21.5 Å². The van der Waals surface area contributed by atoms with Gasteiger partial charge >= 0.3 is 0 Å². The quantitative estimate of drug-likeness (QED) is 0.806. The molecule has 1 aromatic heterocycles. The first-order valence-corrected chi connectivity index (χ1v) is 9.73. The molecule has 1 amide bonds. The Balaban J connectivity index is 1.42. The topological polar surface area (TPSA) is 63.0 Å². The largest absolute Gasteiger partial charge is 0.490 e. The van der Waals surface area contributed by atoms with Crippen molar-refractivity contribution in [3.05, 3.63) is 28.3 Å². The van der Waals surface area contributed by atoms with Crippen molar-refractivity contribution in [2.45, 2.75) is 45.1 Å². The molecule has 3 heterocycles. The Hall–Kier alpha value is -1.82. The van der Waals surface area contributed by atoms with Crippen LogP contribution in [0.2, 0.25) is 0 Å². The van der Waals surface area contributed by atoms with Gasteiger partial charge in [0.1, 0.15) is 12.0 Å². The Bertz CT molecular complexity index is 727. The van der Waals surface area contributed by atoms with Gasteiger partial charge < -0.3 is 14.1 Å². The normalized spacial score (nSPS) is 27.1. The molecule has 0 radical (unpaired) electrons. The maximum atomic E-state index is 12.3. The van der Waals surface area contributed by atoms with E-state index in [1.54, 1.807) is 0 Å². The molecular weight excluding hydrogens is 332 g/mol. The molecule has 1 saturated carbocycles. The molecule has 1 atom stereocenters. The number of piperidine rings is 2. The molecule has 0 bridgehead atoms. The van der Waals surface area contributed by atoms with E-state index in [9.17, 15) is 9.59 Å². The second-order valence-electron chi connectivity index (χ2n) is 8.31. The van der Waals surface area contributed by atoms with Gasteiger partial charge in [-0.3, -0.25) is 14.5 Å². The number of carbonyl (C=O) groups excluding carboxylic acids is 1. The SMILES string of the molecule is COc1coc(CN2CCC[C@@]3(CCC(=O)N(CC4CC4)C3)C2)cc1=O. The molecule has 26 heavy (non-hydrogen) atoms. The van der Waals surface area contributed by atoms with Gasteiger partial charge in [0.15, 0.2) is 0 Å². The third-order valence-electron chi connectivity index (χ3n) is 6.12. The maximum Gasteiger partial charge on any atom is 0.227 e. The molecule has 3 aliphatic rings. The number of amides is 1. The average Bonchev–Trinajstić information content (AvgIpc) is 3.43. The van der Waals surface area contributed by atoms with Crippen molar-refractivity contribution < 1.29 is 13.9 Å². The number of ether oxygens (including phenoxy) is 1. The van der Waals surface area contributed by atoms with Crippen LogP contribution in [0.1, 0.15) is 44.3 Å². The minimum absolute atomic E-state index is 0.139. The first kappa shape index (κ1) is 17.6. The second-order valence-corrected chi connectivity index (χ2v) is 8.31. The zero-order chi connectivity index (χ0) is 18.1. The van der Waals surface area contributed by atoms with E-state index in [0.717, 1.165) is 44.9 Å². The highest BCUT2D eigenvalue weighted by Gasteiger charge is 2.42. The number of methoxy groups -OCH3 is 1. The smallest absolute Gasteiger partial charge is 0.227 e. The monoisotopic (exact) mass is 360 g/mol. The standard InChI is InChI=1S/C20H28N2O4/c1-25-18-12-26-16(9-17(18)23)11-21-8-2-6-20(13-21)7-5-19(24)22(14-20)10-15-3-4-15/h9,12,15H,2-8,10-11,13-14H2,1H3/t20-/m1/s1. The van der Waals surface area contributed by atoms with Crippen LogP contribution in [0.3, 0.4) is 0 Å². The Morgan fingerprint density at radius 3 is 2.85 bits per heavy atom. The van der Waals surface area contributed by atoms with E-state index in [2.05, 4.69) is 9.80 Å². The van der Waals surface area contributed by atoms with Crippen LogP contribution < -0.4 is 10.2 Å². The fourth-order valence-electron chi connectivity index (χ4n) is 4.55. The van der Waals surface area contributed by atoms with Gasteiger partial charge in [-0.2, -0.15) is 0 Å². The Morgan fingerprint density at radius 1 is 1.27 bits per heavy atom. The van der Waals surface area contributed by atoms with E-state index < -0.39 is 0 Å². The molecule has 2 aliphatic heterocycles. The predicted octanol–water partition coefficient (Wildman–Crippen LogP) is 2.26. The van der Waals surface area contributed by atoms with E-state index in [1.165, 1.54) is 38.7 Å². The predicted molar refractivity (Wildman–Crippen MR) is 97.0 cm³/mol. The lowest BCUT2D eigenvalue weighted by Crippen LogP contribution is -2.54. The first-order valence-electron chi connectivity index (χ1n) is 9.73. The minimum Gasteiger partial charge on any atom is -0.490 e. The summed E-state index contributed by atoms with van der Waals surface area (Å²) in [5, 5.41) is 0. The van der Waals surface area contributed by atoms with Gasteiger partial charge in [0.25, 0.3) is 0 Å². The molecule has 3 fully saturated rings. The van der Waals surface area contributed by atoms with Crippen molar-refractivity contribution in [2.75, 3.05) is 33.3 Å². The molecule has 1 aromatic rings. The molecule has 6 heteroatoms. The van der Waals surface area contributed by atoms with Crippen LogP contribution in [0.25, 0.3) is 0 Å². The Kier molecular flexibility index (Phi) is 4.78. The maximum absolute atomic E-state index is 12.3. The lowest BCUT2D eigenvalue weighted by molar-refractivity contribution is -0.139. The number of nitrogens with zero attached hydrogens (tertiary/aromatic N) is 2. The summed E-state index contributed by atoms with van der Waals surface area (Å²) in [5.41, 5.74) is 0.0627. The van der Waals surface area contributed by atoms with Crippen LogP contribution >= 0.6 is 0 Å². The summed E-state index contributed by atoms with van der Waals surface area (Å²) in [6, 6.07) is 1.53. The fraction of sp³-hybridized carbons (Fsp3) is 0.700. The molecule has 0 aromatic carbocycles. The van der Waals surface area contributed by atoms with E-state index >= 15 is 0 Å². The molecule has 6 nitrogen and oxygen atoms in total. The summed E-state index contributed by atoms with van der Waals surface area (Å²) >= 11 is 0. The zero-order valence-electron chi connectivity index (χ0n) is 15.5.